The average molecular weight is 299 g/mol. The minimum atomic E-state index is -5.17. The third-order valence-electron chi connectivity index (χ3n) is 0. The second kappa shape index (κ2) is 26.0. The van der Waals surface area contributed by atoms with E-state index in [2.05, 4.69) is 0 Å². The van der Waals surface area contributed by atoms with Gasteiger partial charge in [-0.25, -0.2) is 0 Å². The second-order valence-corrected chi connectivity index (χ2v) is 1.72. The molecule has 0 spiro atoms. The number of hydrogen-bond acceptors (Lipinski definition) is 6. The van der Waals surface area contributed by atoms with Crippen LogP contribution in [0.4, 0.5) is 0 Å². The average Bonchev–Trinajstić information content (AvgIpc) is 1.19. The van der Waals surface area contributed by atoms with Gasteiger partial charge in [-0.15, -0.1) is 0 Å². The molecular weight excluding hydrogens is 296 g/mol. The monoisotopic (exact) mass is 298 g/mol. The summed E-state index contributed by atoms with van der Waals surface area (Å²) in [5.41, 5.74) is 0. The summed E-state index contributed by atoms with van der Waals surface area (Å²) in [6, 6.07) is 0. The minimum Gasteiger partial charge on any atom is -1.00 e. The Labute approximate surface area is 198 Å². The van der Waals surface area contributed by atoms with Gasteiger partial charge in [0, 0.05) is 16.4 Å². The molecule has 0 saturated carbocycles. The van der Waals surface area contributed by atoms with Gasteiger partial charge in [0.2, 0.25) is 0 Å². The zero-order chi connectivity index (χ0) is 8.08. The predicted octanol–water partition coefficient (Wildman–Crippen LogP) is -17.6. The predicted molar refractivity (Wildman–Crippen MR) is 21.2 cm³/mol. The summed E-state index contributed by atoms with van der Waals surface area (Å²) in [7, 11) is -5.17. The summed E-state index contributed by atoms with van der Waals surface area (Å²) in [6.07, 6.45) is 0. The first-order valence-electron chi connectivity index (χ1n) is 1.57. The van der Waals surface area contributed by atoms with Gasteiger partial charge in [0.1, 0.15) is 0 Å². The Balaban J connectivity index is -0.0000000104. The molecule has 64 valence electrons. The summed E-state index contributed by atoms with van der Waals surface area (Å²) >= 11 is 0. The molecule has 0 bridgehead atoms. The van der Waals surface area contributed by atoms with E-state index < -0.39 is 16.4 Å². The molecule has 14 heavy (non-hydrogen) atoms. The maximum Gasteiger partial charge on any atom is 1.00 e. The first-order valence-corrected chi connectivity index (χ1v) is 2.91. The quantitative estimate of drug-likeness (QED) is 0.249. The summed E-state index contributed by atoms with van der Waals surface area (Å²) < 4.78 is 34.1. The van der Waals surface area contributed by atoms with Crippen LogP contribution in [0.3, 0.4) is 0 Å². The molecule has 0 heterocycles. The molecule has 0 amide bonds. The first kappa shape index (κ1) is 42.9. The fourth-order valence-electron chi connectivity index (χ4n) is 0. The molecule has 0 radical (unpaired) electrons. The zero-order valence-electron chi connectivity index (χ0n) is 8.74. The molecule has 12 heteroatoms. The van der Waals surface area contributed by atoms with Crippen LogP contribution >= 0.6 is 0 Å². The number of halogens is 1. The van der Waals surface area contributed by atoms with Gasteiger partial charge in [-0.2, -0.15) is 0 Å². The van der Waals surface area contributed by atoms with Crippen LogP contribution in [0.15, 0.2) is 0 Å². The van der Waals surface area contributed by atoms with Gasteiger partial charge >= 0.3 is 140 Å². The standard InChI is InChI=1S/C2H4O2.ClH.K.3Na.H2O4S/c1-2(3)4;;;;;;1-5(2,3)4/h1H3,(H,3,4);1H;;;;;(H2,1,2,3,4)/q;;4*+1;/p-4. The molecule has 0 saturated heterocycles. The summed E-state index contributed by atoms with van der Waals surface area (Å²) in [5.74, 6) is -1.08. The molecule has 0 aromatic heterocycles. The van der Waals surface area contributed by atoms with Crippen molar-refractivity contribution in [3.63, 3.8) is 0 Å². The van der Waals surface area contributed by atoms with Crippen molar-refractivity contribution in [3.05, 3.63) is 0 Å². The molecule has 0 atom stereocenters. The van der Waals surface area contributed by atoms with Gasteiger partial charge in [0.05, 0.1) is 0 Å². The summed E-state index contributed by atoms with van der Waals surface area (Å²) in [6.45, 7) is 0.972. The molecule has 0 aliphatic carbocycles. The Morgan fingerprint density at radius 2 is 1.07 bits per heavy atom. The zero-order valence-corrected chi connectivity index (χ0v) is 19.4. The van der Waals surface area contributed by atoms with E-state index in [-0.39, 0.29) is 152 Å². The molecule has 6 nitrogen and oxygen atoms in total. The molecule has 0 aliphatic heterocycles. The number of carboxylic acid groups (broad SMARTS) is 1. The van der Waals surface area contributed by atoms with Gasteiger partial charge in [-0.1, -0.05) is 0 Å². The Kier molecular flexibility index (Phi) is 79.5. The van der Waals surface area contributed by atoms with Crippen molar-refractivity contribution in [2.24, 2.45) is 0 Å². The molecular formula is C2H3ClKNa3O6S. The Morgan fingerprint density at radius 1 is 1.07 bits per heavy atom. The third kappa shape index (κ3) is 208. The SMILES string of the molecule is CC(=O)[O-].O=S(=O)([O-])[O-].[Cl-].[K+].[Na+].[Na+].[Na+]. The van der Waals surface area contributed by atoms with Crippen molar-refractivity contribution in [3.8, 4) is 0 Å². The van der Waals surface area contributed by atoms with Gasteiger partial charge < -0.3 is 31.4 Å². The van der Waals surface area contributed by atoms with Crippen molar-refractivity contribution in [1.29, 1.82) is 0 Å². The van der Waals surface area contributed by atoms with Crippen LogP contribution in [-0.2, 0) is 15.2 Å². The van der Waals surface area contributed by atoms with Crippen LogP contribution in [0.2, 0.25) is 0 Å². The van der Waals surface area contributed by atoms with Crippen molar-refractivity contribution >= 4 is 16.4 Å². The molecule has 0 fully saturated rings. The molecule has 0 N–H and O–H groups in total. The molecule has 0 unspecified atom stereocenters. The maximum absolute atomic E-state index is 8.89. The first-order chi connectivity index (χ1) is 3.73. The van der Waals surface area contributed by atoms with Gasteiger partial charge in [0.15, 0.2) is 0 Å². The molecule has 0 aromatic carbocycles. The summed E-state index contributed by atoms with van der Waals surface area (Å²) in [5, 5.41) is 8.89. The van der Waals surface area contributed by atoms with Crippen LogP contribution in [0.5, 0.6) is 0 Å². The Bertz CT molecular complexity index is 174. The van der Waals surface area contributed by atoms with Crippen LogP contribution in [0, 0.1) is 0 Å². The van der Waals surface area contributed by atoms with E-state index in [0.717, 1.165) is 6.92 Å². The van der Waals surface area contributed by atoms with Gasteiger partial charge in [-0.05, 0) is 6.92 Å². The van der Waals surface area contributed by atoms with E-state index in [9.17, 15) is 0 Å². The van der Waals surface area contributed by atoms with E-state index in [4.69, 9.17) is 27.4 Å². The smallest absolute Gasteiger partial charge is 1.00 e. The fraction of sp³-hybridized carbons (Fsp3) is 0.500. The number of aliphatic carboxylic acids is 1. The van der Waals surface area contributed by atoms with E-state index in [1.54, 1.807) is 0 Å². The summed E-state index contributed by atoms with van der Waals surface area (Å²) in [4.78, 5) is 8.89. The van der Waals surface area contributed by atoms with Crippen molar-refractivity contribution in [2.45, 2.75) is 6.92 Å². The van der Waals surface area contributed by atoms with Crippen molar-refractivity contribution in [2.75, 3.05) is 0 Å². The second-order valence-electron chi connectivity index (χ2n) is 0.900. The van der Waals surface area contributed by atoms with E-state index in [1.807, 2.05) is 0 Å². The van der Waals surface area contributed by atoms with E-state index in [1.165, 1.54) is 0 Å². The largest absolute Gasteiger partial charge is 1.00 e. The van der Waals surface area contributed by atoms with Crippen LogP contribution < -0.4 is 158 Å². The molecule has 0 aliphatic rings. The Morgan fingerprint density at radius 3 is 1.07 bits per heavy atom. The minimum absolute atomic E-state index is 0. The third-order valence-corrected chi connectivity index (χ3v) is 0. The van der Waals surface area contributed by atoms with Gasteiger partial charge in [0.25, 0.3) is 0 Å². The topological polar surface area (TPSA) is 120 Å². The normalized spacial score (nSPS) is 5.93. The van der Waals surface area contributed by atoms with Crippen molar-refractivity contribution < 1.29 is 180 Å². The van der Waals surface area contributed by atoms with E-state index in [0.29, 0.717) is 0 Å². The van der Waals surface area contributed by atoms with Gasteiger partial charge in [-0.3, -0.25) is 8.42 Å². The number of carboxylic acids is 1. The van der Waals surface area contributed by atoms with Crippen molar-refractivity contribution in [1.82, 2.24) is 0 Å². The maximum atomic E-state index is 8.89. The number of hydrogen-bond donors (Lipinski definition) is 0. The van der Waals surface area contributed by atoms with Crippen LogP contribution in [0.1, 0.15) is 6.92 Å². The molecule has 0 aromatic rings. The Hall–Kier alpha value is 4.27. The number of carbonyl (C=O) groups is 1. The number of carbonyl (C=O) groups excluding carboxylic acids is 1. The van der Waals surface area contributed by atoms with Crippen LogP contribution in [0.25, 0.3) is 0 Å². The van der Waals surface area contributed by atoms with E-state index >= 15 is 0 Å². The number of rotatable bonds is 0. The molecule has 0 rings (SSSR count). The van der Waals surface area contributed by atoms with Crippen LogP contribution in [-0.4, -0.2) is 23.5 Å². The fourth-order valence-corrected chi connectivity index (χ4v) is 0.